The first kappa shape index (κ1) is 12.0. The Balaban J connectivity index is 2.14. The molecule has 1 aliphatic carbocycles. The molecule has 2 nitrogen and oxygen atoms in total. The summed E-state index contributed by atoms with van der Waals surface area (Å²) >= 11 is 6.29. The molecule has 3 atom stereocenters. The summed E-state index contributed by atoms with van der Waals surface area (Å²) < 4.78 is 2.34. The molecule has 1 fully saturated rings. The van der Waals surface area contributed by atoms with Crippen LogP contribution in [-0.2, 0) is 6.54 Å². The summed E-state index contributed by atoms with van der Waals surface area (Å²) in [5.74, 6) is 2.67. The number of nitrogens with zero attached hydrogens (tertiary/aromatic N) is 2. The van der Waals surface area contributed by atoms with Gasteiger partial charge in [-0.1, -0.05) is 19.1 Å². The maximum Gasteiger partial charge on any atom is 0.127 e. The molecule has 0 amide bonds. The minimum absolute atomic E-state index is 0.0362. The first-order valence-electron chi connectivity index (χ1n) is 6.67. The van der Waals surface area contributed by atoms with Gasteiger partial charge in [0.25, 0.3) is 0 Å². The summed E-state index contributed by atoms with van der Waals surface area (Å²) in [6, 6.07) is 6.30. The van der Waals surface area contributed by atoms with Crippen molar-refractivity contribution in [3.63, 3.8) is 0 Å². The van der Waals surface area contributed by atoms with Gasteiger partial charge in [0.2, 0.25) is 0 Å². The molecule has 1 saturated carbocycles. The van der Waals surface area contributed by atoms with Gasteiger partial charge in [0, 0.05) is 6.54 Å². The average Bonchev–Trinajstić information content (AvgIpc) is 2.87. The molecule has 1 aliphatic rings. The van der Waals surface area contributed by atoms with Gasteiger partial charge in [-0.25, -0.2) is 4.98 Å². The maximum atomic E-state index is 6.29. The van der Waals surface area contributed by atoms with Crippen molar-refractivity contribution >= 4 is 22.6 Å². The topological polar surface area (TPSA) is 17.8 Å². The lowest BCUT2D eigenvalue weighted by Crippen LogP contribution is -2.07. The maximum absolute atomic E-state index is 6.29. The number of aromatic nitrogens is 2. The summed E-state index contributed by atoms with van der Waals surface area (Å²) in [6.07, 6.45) is 1.33. The van der Waals surface area contributed by atoms with Gasteiger partial charge >= 0.3 is 0 Å². The van der Waals surface area contributed by atoms with E-state index in [0.717, 1.165) is 29.7 Å². The van der Waals surface area contributed by atoms with E-state index in [1.807, 2.05) is 6.92 Å². The highest BCUT2D eigenvalue weighted by Gasteiger charge is 2.34. The number of para-hydroxylation sites is 1. The highest BCUT2D eigenvalue weighted by atomic mass is 35.5. The number of aryl methyl sites for hydroxylation is 1. The number of hydrogen-bond donors (Lipinski definition) is 0. The van der Waals surface area contributed by atoms with Crippen molar-refractivity contribution in [3.8, 4) is 0 Å². The standard InChI is InChI=1S/C15H19ClN2/c1-9-5-4-6-13-14(9)18(8-12-7-10(12)2)15(17-13)11(3)16/h4-6,10-12H,7-8H2,1-3H3. The Labute approximate surface area is 113 Å². The van der Waals surface area contributed by atoms with E-state index in [-0.39, 0.29) is 5.38 Å². The quantitative estimate of drug-likeness (QED) is 0.754. The third-order valence-electron chi connectivity index (χ3n) is 4.05. The number of hydrogen-bond acceptors (Lipinski definition) is 1. The van der Waals surface area contributed by atoms with Crippen molar-refractivity contribution in [3.05, 3.63) is 29.6 Å². The molecular formula is C15H19ClN2. The van der Waals surface area contributed by atoms with E-state index in [2.05, 4.69) is 36.6 Å². The molecule has 1 aromatic carbocycles. The largest absolute Gasteiger partial charge is 0.326 e. The molecule has 0 aliphatic heterocycles. The van der Waals surface area contributed by atoms with Crippen LogP contribution in [-0.4, -0.2) is 9.55 Å². The highest BCUT2D eigenvalue weighted by molar-refractivity contribution is 6.20. The molecule has 3 unspecified atom stereocenters. The molecule has 96 valence electrons. The van der Waals surface area contributed by atoms with E-state index in [1.165, 1.54) is 17.5 Å². The molecule has 0 spiro atoms. The van der Waals surface area contributed by atoms with Crippen molar-refractivity contribution < 1.29 is 0 Å². The fourth-order valence-electron chi connectivity index (χ4n) is 2.76. The normalized spacial score (nSPS) is 24.4. The molecular weight excluding hydrogens is 244 g/mol. The van der Waals surface area contributed by atoms with E-state index >= 15 is 0 Å². The summed E-state index contributed by atoms with van der Waals surface area (Å²) in [5.41, 5.74) is 3.63. The molecule has 0 N–H and O–H groups in total. The first-order chi connectivity index (χ1) is 8.58. The Morgan fingerprint density at radius 2 is 2.22 bits per heavy atom. The zero-order valence-electron chi connectivity index (χ0n) is 11.2. The Bertz CT molecular complexity index is 585. The van der Waals surface area contributed by atoms with Gasteiger partial charge < -0.3 is 4.57 Å². The number of rotatable bonds is 3. The van der Waals surface area contributed by atoms with E-state index in [1.54, 1.807) is 0 Å². The molecule has 0 radical (unpaired) electrons. The van der Waals surface area contributed by atoms with Crippen LogP contribution in [0.25, 0.3) is 11.0 Å². The predicted octanol–water partition coefficient (Wildman–Crippen LogP) is 4.30. The van der Waals surface area contributed by atoms with E-state index in [0.29, 0.717) is 0 Å². The zero-order valence-corrected chi connectivity index (χ0v) is 11.9. The predicted molar refractivity (Wildman–Crippen MR) is 76.0 cm³/mol. The van der Waals surface area contributed by atoms with Gasteiger partial charge in [-0.15, -0.1) is 11.6 Å². The molecule has 1 heterocycles. The Morgan fingerprint density at radius 1 is 1.50 bits per heavy atom. The number of halogens is 1. The minimum atomic E-state index is -0.0362. The molecule has 3 rings (SSSR count). The first-order valence-corrected chi connectivity index (χ1v) is 7.11. The van der Waals surface area contributed by atoms with Crippen LogP contribution < -0.4 is 0 Å². The van der Waals surface area contributed by atoms with Crippen LogP contribution >= 0.6 is 11.6 Å². The summed E-state index contributed by atoms with van der Waals surface area (Å²) in [5, 5.41) is -0.0362. The number of imidazole rings is 1. The van der Waals surface area contributed by atoms with Crippen molar-refractivity contribution in [2.45, 2.75) is 39.1 Å². The lowest BCUT2D eigenvalue weighted by molar-refractivity contribution is 0.581. The lowest BCUT2D eigenvalue weighted by atomic mass is 10.2. The third kappa shape index (κ3) is 1.93. The SMILES string of the molecule is Cc1cccc2nc(C(C)Cl)n(CC3CC3C)c12. The van der Waals surface area contributed by atoms with Gasteiger partial charge in [-0.3, -0.25) is 0 Å². The molecule has 18 heavy (non-hydrogen) atoms. The monoisotopic (exact) mass is 262 g/mol. The van der Waals surface area contributed by atoms with E-state index < -0.39 is 0 Å². The Morgan fingerprint density at radius 3 is 2.83 bits per heavy atom. The van der Waals surface area contributed by atoms with Crippen molar-refractivity contribution in [1.82, 2.24) is 9.55 Å². The van der Waals surface area contributed by atoms with Crippen molar-refractivity contribution in [2.24, 2.45) is 11.8 Å². The second-order valence-electron chi connectivity index (χ2n) is 5.61. The second-order valence-corrected chi connectivity index (χ2v) is 6.27. The van der Waals surface area contributed by atoms with Crippen LogP contribution in [0.4, 0.5) is 0 Å². The van der Waals surface area contributed by atoms with Crippen LogP contribution in [0.5, 0.6) is 0 Å². The minimum Gasteiger partial charge on any atom is -0.326 e. The van der Waals surface area contributed by atoms with Crippen LogP contribution in [0, 0.1) is 18.8 Å². The molecule has 1 aromatic heterocycles. The van der Waals surface area contributed by atoms with Gasteiger partial charge in [0.05, 0.1) is 16.4 Å². The molecule has 0 saturated heterocycles. The van der Waals surface area contributed by atoms with Gasteiger partial charge in [0.1, 0.15) is 5.82 Å². The Hall–Kier alpha value is -1.02. The van der Waals surface area contributed by atoms with Crippen LogP contribution in [0.15, 0.2) is 18.2 Å². The number of alkyl halides is 1. The number of benzene rings is 1. The van der Waals surface area contributed by atoms with Crippen LogP contribution in [0.2, 0.25) is 0 Å². The average molecular weight is 263 g/mol. The van der Waals surface area contributed by atoms with Crippen LogP contribution in [0.1, 0.15) is 37.0 Å². The smallest absolute Gasteiger partial charge is 0.127 e. The second kappa shape index (κ2) is 4.27. The summed E-state index contributed by atoms with van der Waals surface area (Å²) in [6.45, 7) is 7.54. The van der Waals surface area contributed by atoms with Gasteiger partial charge in [0.15, 0.2) is 0 Å². The molecule has 0 bridgehead atoms. The fourth-order valence-corrected chi connectivity index (χ4v) is 2.93. The molecule has 2 aromatic rings. The van der Waals surface area contributed by atoms with Crippen molar-refractivity contribution in [2.75, 3.05) is 0 Å². The summed E-state index contributed by atoms with van der Waals surface area (Å²) in [4.78, 5) is 4.71. The number of fused-ring (bicyclic) bond motifs is 1. The lowest BCUT2D eigenvalue weighted by Gasteiger charge is -2.11. The van der Waals surface area contributed by atoms with Crippen LogP contribution in [0.3, 0.4) is 0 Å². The fraction of sp³-hybridized carbons (Fsp3) is 0.533. The van der Waals surface area contributed by atoms with Crippen molar-refractivity contribution in [1.29, 1.82) is 0 Å². The molecule has 3 heteroatoms. The van der Waals surface area contributed by atoms with Gasteiger partial charge in [-0.2, -0.15) is 0 Å². The highest BCUT2D eigenvalue weighted by Crippen LogP contribution is 2.40. The van der Waals surface area contributed by atoms with E-state index in [9.17, 15) is 0 Å². The van der Waals surface area contributed by atoms with Gasteiger partial charge in [-0.05, 0) is 43.7 Å². The van der Waals surface area contributed by atoms with E-state index in [4.69, 9.17) is 16.6 Å². The zero-order chi connectivity index (χ0) is 12.9. The Kier molecular flexibility index (Phi) is 2.86. The third-order valence-corrected chi connectivity index (χ3v) is 4.24. The summed E-state index contributed by atoms with van der Waals surface area (Å²) in [7, 11) is 0.